The van der Waals surface area contributed by atoms with Crippen LogP contribution < -0.4 is 10.1 Å². The summed E-state index contributed by atoms with van der Waals surface area (Å²) < 4.78 is 6.02. The van der Waals surface area contributed by atoms with Gasteiger partial charge in [-0.15, -0.1) is 0 Å². The summed E-state index contributed by atoms with van der Waals surface area (Å²) in [4.78, 5) is 22.7. The maximum atomic E-state index is 12.1. The number of nitrogens with one attached hydrogen (secondary N) is 1. The van der Waals surface area contributed by atoms with Crippen molar-refractivity contribution in [3.05, 3.63) is 54.6 Å². The van der Waals surface area contributed by atoms with E-state index in [-0.39, 0.29) is 23.7 Å². The minimum Gasteiger partial charge on any atom is -0.508 e. The zero-order valence-electron chi connectivity index (χ0n) is 14.4. The van der Waals surface area contributed by atoms with Gasteiger partial charge in [-0.05, 0) is 31.2 Å². The molecule has 1 amide bonds. The van der Waals surface area contributed by atoms with Crippen LogP contribution in [-0.2, 0) is 4.79 Å². The van der Waals surface area contributed by atoms with Crippen LogP contribution in [0, 0.1) is 0 Å². The Bertz CT molecular complexity index is 980. The van der Waals surface area contributed by atoms with Gasteiger partial charge in [0.05, 0.1) is 11.6 Å². The van der Waals surface area contributed by atoms with Gasteiger partial charge in [-0.3, -0.25) is 14.8 Å². The predicted octanol–water partition coefficient (Wildman–Crippen LogP) is 1.95. The minimum absolute atomic E-state index is 0.0707. The van der Waals surface area contributed by atoms with Crippen molar-refractivity contribution in [2.75, 3.05) is 7.05 Å². The van der Waals surface area contributed by atoms with Crippen molar-refractivity contribution in [1.82, 2.24) is 15.2 Å². The first-order valence-corrected chi connectivity index (χ1v) is 8.30. The molecule has 0 bridgehead atoms. The molecule has 0 radical (unpaired) electrons. The number of phenolic OH excluding ortho intramolecular Hbond substituents is 1. The van der Waals surface area contributed by atoms with E-state index in [1.165, 1.54) is 0 Å². The van der Waals surface area contributed by atoms with E-state index in [9.17, 15) is 9.90 Å². The highest BCUT2D eigenvalue weighted by Crippen LogP contribution is 2.30. The molecule has 2 aliphatic rings. The molecule has 0 fully saturated rings. The SMILES string of the molecule is CNC(=O)C1C(C)N=C2C=C(Oc3ccnc4cc(O)ccc34)C=CN21. The zero-order valence-corrected chi connectivity index (χ0v) is 14.4. The molecule has 2 aromatic rings. The van der Waals surface area contributed by atoms with Crippen LogP contribution in [0.5, 0.6) is 11.5 Å². The van der Waals surface area contributed by atoms with Gasteiger partial charge in [0, 0.05) is 37.0 Å². The van der Waals surface area contributed by atoms with E-state index in [2.05, 4.69) is 15.3 Å². The molecule has 7 heteroatoms. The molecule has 2 aliphatic heterocycles. The fraction of sp³-hybridized carbons (Fsp3) is 0.211. The monoisotopic (exact) mass is 350 g/mol. The first-order chi connectivity index (χ1) is 12.6. The van der Waals surface area contributed by atoms with Gasteiger partial charge in [-0.1, -0.05) is 0 Å². The Morgan fingerprint density at radius 2 is 2.19 bits per heavy atom. The molecule has 0 spiro atoms. The summed E-state index contributed by atoms with van der Waals surface area (Å²) in [6, 6.07) is 6.23. The summed E-state index contributed by atoms with van der Waals surface area (Å²) in [5.74, 6) is 2.03. The molecule has 2 unspecified atom stereocenters. The molecule has 1 aromatic carbocycles. The second kappa shape index (κ2) is 6.18. The van der Waals surface area contributed by atoms with Gasteiger partial charge in [0.1, 0.15) is 29.1 Å². The van der Waals surface area contributed by atoms with E-state index in [4.69, 9.17) is 4.74 Å². The summed E-state index contributed by atoms with van der Waals surface area (Å²) in [5.41, 5.74) is 0.649. The summed E-state index contributed by atoms with van der Waals surface area (Å²) in [5, 5.41) is 13.1. The quantitative estimate of drug-likeness (QED) is 0.883. The number of ether oxygens (including phenoxy) is 1. The Morgan fingerprint density at radius 1 is 1.35 bits per heavy atom. The highest BCUT2D eigenvalue weighted by Gasteiger charge is 2.37. The molecule has 7 nitrogen and oxygen atoms in total. The lowest BCUT2D eigenvalue weighted by Crippen LogP contribution is -2.46. The van der Waals surface area contributed by atoms with E-state index in [0.717, 1.165) is 5.39 Å². The van der Waals surface area contributed by atoms with Crippen LogP contribution in [0.3, 0.4) is 0 Å². The second-order valence-corrected chi connectivity index (χ2v) is 6.17. The summed E-state index contributed by atoms with van der Waals surface area (Å²) in [6.45, 7) is 1.91. The molecule has 2 atom stereocenters. The Balaban J connectivity index is 1.62. The number of phenols is 1. The number of amidine groups is 1. The second-order valence-electron chi connectivity index (χ2n) is 6.17. The number of amides is 1. The summed E-state index contributed by atoms with van der Waals surface area (Å²) >= 11 is 0. The predicted molar refractivity (Wildman–Crippen MR) is 97.8 cm³/mol. The lowest BCUT2D eigenvalue weighted by Gasteiger charge is -2.26. The molecule has 4 rings (SSSR count). The topological polar surface area (TPSA) is 87.0 Å². The van der Waals surface area contributed by atoms with E-state index in [0.29, 0.717) is 22.9 Å². The molecule has 0 saturated carbocycles. The van der Waals surface area contributed by atoms with Gasteiger partial charge in [0.2, 0.25) is 5.91 Å². The van der Waals surface area contributed by atoms with E-state index in [1.807, 2.05) is 24.1 Å². The number of allylic oxidation sites excluding steroid dienone is 1. The fourth-order valence-electron chi connectivity index (χ4n) is 3.21. The van der Waals surface area contributed by atoms with Crippen LogP contribution in [-0.4, -0.2) is 45.9 Å². The molecule has 1 aromatic heterocycles. The van der Waals surface area contributed by atoms with E-state index >= 15 is 0 Å². The number of rotatable bonds is 3. The molecule has 2 N–H and O–H groups in total. The number of likely N-dealkylation sites (N-methyl/N-ethyl adjacent to an activating group) is 1. The average molecular weight is 350 g/mol. The number of hydrogen-bond acceptors (Lipinski definition) is 6. The number of carbonyl (C=O) groups is 1. The molecule has 132 valence electrons. The number of carbonyl (C=O) groups excluding carboxylic acids is 1. The van der Waals surface area contributed by atoms with Crippen molar-refractivity contribution in [3.63, 3.8) is 0 Å². The van der Waals surface area contributed by atoms with Crippen LogP contribution in [0.15, 0.2) is 59.6 Å². The lowest BCUT2D eigenvalue weighted by molar-refractivity contribution is -0.124. The third-order valence-corrected chi connectivity index (χ3v) is 4.46. The smallest absolute Gasteiger partial charge is 0.245 e. The third-order valence-electron chi connectivity index (χ3n) is 4.46. The van der Waals surface area contributed by atoms with Gasteiger partial charge in [-0.25, -0.2) is 0 Å². The minimum atomic E-state index is -0.353. The molecule has 0 aliphatic carbocycles. The standard InChI is InChI=1S/C19H18N4O3/c1-11-18(19(25)20-2)23-8-6-13(10-17(23)22-11)26-16-5-7-21-15-9-12(24)3-4-14(15)16/h3-11,18,24H,1-2H3,(H,20,25). The lowest BCUT2D eigenvalue weighted by atomic mass is 10.1. The van der Waals surface area contributed by atoms with Crippen molar-refractivity contribution in [1.29, 1.82) is 0 Å². The van der Waals surface area contributed by atoms with Crippen LogP contribution in [0.25, 0.3) is 10.9 Å². The van der Waals surface area contributed by atoms with Crippen molar-refractivity contribution in [3.8, 4) is 11.5 Å². The number of aromatic nitrogens is 1. The molecule has 3 heterocycles. The fourth-order valence-corrected chi connectivity index (χ4v) is 3.21. The highest BCUT2D eigenvalue weighted by molar-refractivity contribution is 6.01. The number of pyridine rings is 1. The molecular formula is C19H18N4O3. The van der Waals surface area contributed by atoms with Crippen molar-refractivity contribution in [2.24, 2.45) is 4.99 Å². The number of nitrogens with zero attached hydrogens (tertiary/aromatic N) is 3. The maximum absolute atomic E-state index is 12.1. The van der Waals surface area contributed by atoms with E-state index in [1.54, 1.807) is 43.6 Å². The van der Waals surface area contributed by atoms with Gasteiger partial charge in [-0.2, -0.15) is 0 Å². The zero-order chi connectivity index (χ0) is 18.3. The number of aliphatic imine (C=N–C) groups is 1. The van der Waals surface area contributed by atoms with Crippen LogP contribution >= 0.6 is 0 Å². The van der Waals surface area contributed by atoms with Gasteiger partial charge in [0.25, 0.3) is 0 Å². The Hall–Kier alpha value is -3.35. The Labute approximate surface area is 150 Å². The normalized spacial score (nSPS) is 21.2. The van der Waals surface area contributed by atoms with Gasteiger partial charge >= 0.3 is 0 Å². The number of fused-ring (bicyclic) bond motifs is 2. The van der Waals surface area contributed by atoms with Gasteiger partial charge in [0.15, 0.2) is 0 Å². The summed E-state index contributed by atoms with van der Waals surface area (Å²) in [6.07, 6.45) is 7.06. The third kappa shape index (κ3) is 2.67. The molecular weight excluding hydrogens is 332 g/mol. The Morgan fingerprint density at radius 3 is 3.00 bits per heavy atom. The number of hydrogen-bond donors (Lipinski definition) is 2. The first kappa shape index (κ1) is 16.1. The van der Waals surface area contributed by atoms with Crippen molar-refractivity contribution >= 4 is 22.6 Å². The van der Waals surface area contributed by atoms with Crippen LogP contribution in [0.2, 0.25) is 0 Å². The largest absolute Gasteiger partial charge is 0.508 e. The number of aromatic hydroxyl groups is 1. The number of benzene rings is 1. The maximum Gasteiger partial charge on any atom is 0.245 e. The Kier molecular flexibility index (Phi) is 3.84. The average Bonchev–Trinajstić information content (AvgIpc) is 2.96. The van der Waals surface area contributed by atoms with Gasteiger partial charge < -0.3 is 20.1 Å². The van der Waals surface area contributed by atoms with Crippen LogP contribution in [0.4, 0.5) is 0 Å². The first-order valence-electron chi connectivity index (χ1n) is 8.30. The van der Waals surface area contributed by atoms with Crippen LogP contribution in [0.1, 0.15) is 6.92 Å². The van der Waals surface area contributed by atoms with Crippen molar-refractivity contribution < 1.29 is 14.6 Å². The highest BCUT2D eigenvalue weighted by atomic mass is 16.5. The van der Waals surface area contributed by atoms with E-state index < -0.39 is 0 Å². The van der Waals surface area contributed by atoms with Crippen molar-refractivity contribution in [2.45, 2.75) is 19.0 Å². The summed E-state index contributed by atoms with van der Waals surface area (Å²) in [7, 11) is 1.62. The molecule has 0 saturated heterocycles. The molecule has 26 heavy (non-hydrogen) atoms.